The molecule has 0 aromatic carbocycles. The van der Waals surface area contributed by atoms with E-state index in [0.717, 1.165) is 24.2 Å². The predicted octanol–water partition coefficient (Wildman–Crippen LogP) is 0.177. The molecule has 2 rings (SSSR count). The molecule has 0 spiro atoms. The van der Waals surface area contributed by atoms with E-state index >= 15 is 0 Å². The van der Waals surface area contributed by atoms with E-state index in [1.165, 1.54) is 0 Å². The zero-order valence-electron chi connectivity index (χ0n) is 9.14. The van der Waals surface area contributed by atoms with Crippen molar-refractivity contribution in [2.24, 2.45) is 0 Å². The summed E-state index contributed by atoms with van der Waals surface area (Å²) < 4.78 is 0. The molecule has 5 nitrogen and oxygen atoms in total. The van der Waals surface area contributed by atoms with Crippen molar-refractivity contribution in [2.45, 2.75) is 32.8 Å². The highest BCUT2D eigenvalue weighted by molar-refractivity contribution is 5.34. The van der Waals surface area contributed by atoms with Crippen LogP contribution >= 0.6 is 0 Å². The van der Waals surface area contributed by atoms with Crippen LogP contribution in [0.2, 0.25) is 0 Å². The smallest absolute Gasteiger partial charge is 0.245 e. The lowest BCUT2D eigenvalue weighted by Gasteiger charge is -2.35. The molecule has 1 fully saturated rings. The third-order valence-electron chi connectivity index (χ3n) is 2.64. The average Bonchev–Trinajstić information content (AvgIpc) is 2.24. The van der Waals surface area contributed by atoms with Gasteiger partial charge >= 0.3 is 0 Å². The summed E-state index contributed by atoms with van der Waals surface area (Å²) in [7, 11) is 0. The molecule has 2 heterocycles. The topological polar surface area (TPSA) is 62.1 Å². The highest BCUT2D eigenvalue weighted by Crippen LogP contribution is 2.16. The van der Waals surface area contributed by atoms with Crippen LogP contribution in [0.1, 0.15) is 25.2 Å². The first kappa shape index (κ1) is 10.3. The Kier molecular flexibility index (Phi) is 2.81. The summed E-state index contributed by atoms with van der Waals surface area (Å²) >= 11 is 0. The number of β-amino-alcohol motifs (C(OH)–C–C–N with tert-alkyl or cyclic N) is 1. The summed E-state index contributed by atoms with van der Waals surface area (Å²) in [5.74, 6) is 0.648. The van der Waals surface area contributed by atoms with Gasteiger partial charge in [-0.3, -0.25) is 0 Å². The number of aliphatic hydroxyl groups is 1. The average molecular weight is 208 g/mol. The number of hydrogen-bond acceptors (Lipinski definition) is 5. The highest BCUT2D eigenvalue weighted by atomic mass is 16.3. The molecule has 5 heteroatoms. The van der Waals surface area contributed by atoms with Gasteiger partial charge in [0.1, 0.15) is 0 Å². The van der Waals surface area contributed by atoms with E-state index < -0.39 is 0 Å². The summed E-state index contributed by atoms with van der Waals surface area (Å²) in [6.07, 6.45) is 1.51. The molecule has 1 saturated heterocycles. The Balaban J connectivity index is 2.19. The largest absolute Gasteiger partial charge is 0.389 e. The second-order valence-electron chi connectivity index (χ2n) is 3.77. The number of hydrogen-bond donors (Lipinski definition) is 1. The van der Waals surface area contributed by atoms with E-state index in [0.29, 0.717) is 19.0 Å². The molecule has 15 heavy (non-hydrogen) atoms. The fourth-order valence-electron chi connectivity index (χ4n) is 1.68. The van der Waals surface area contributed by atoms with Crippen LogP contribution in [0.3, 0.4) is 0 Å². The zero-order valence-corrected chi connectivity index (χ0v) is 9.14. The van der Waals surface area contributed by atoms with Gasteiger partial charge in [-0.05, 0) is 12.8 Å². The molecule has 1 aromatic heterocycles. The summed E-state index contributed by atoms with van der Waals surface area (Å²) in [6, 6.07) is 0. The van der Waals surface area contributed by atoms with E-state index in [-0.39, 0.29) is 6.10 Å². The molecule has 0 atom stereocenters. The van der Waals surface area contributed by atoms with E-state index in [4.69, 9.17) is 0 Å². The van der Waals surface area contributed by atoms with Crippen molar-refractivity contribution in [2.75, 3.05) is 18.0 Å². The first-order valence-electron chi connectivity index (χ1n) is 5.40. The normalized spacial score (nSPS) is 16.6. The lowest BCUT2D eigenvalue weighted by atomic mass is 10.2. The van der Waals surface area contributed by atoms with Crippen LogP contribution in [0.4, 0.5) is 5.95 Å². The second-order valence-corrected chi connectivity index (χ2v) is 3.77. The Bertz CT molecular complexity index is 349. The molecule has 0 unspecified atom stereocenters. The lowest BCUT2D eigenvalue weighted by molar-refractivity contribution is 0.140. The SMILES string of the molecule is CCc1nnc(N2CC(O)C2)nc1CC. The van der Waals surface area contributed by atoms with Crippen LogP contribution in [0, 0.1) is 0 Å². The summed E-state index contributed by atoms with van der Waals surface area (Å²) in [4.78, 5) is 6.40. The van der Waals surface area contributed by atoms with Crippen LogP contribution in [-0.2, 0) is 12.8 Å². The van der Waals surface area contributed by atoms with Crippen molar-refractivity contribution in [3.05, 3.63) is 11.4 Å². The summed E-state index contributed by atoms with van der Waals surface area (Å²) in [6.45, 7) is 5.36. The molecule has 0 aliphatic carbocycles. The van der Waals surface area contributed by atoms with Crippen molar-refractivity contribution >= 4 is 5.95 Å². The monoisotopic (exact) mass is 208 g/mol. The molecule has 1 aromatic rings. The van der Waals surface area contributed by atoms with Gasteiger partial charge < -0.3 is 10.0 Å². The standard InChI is InChI=1S/C10H16N4O/c1-3-8-9(4-2)12-13-10(11-8)14-5-7(15)6-14/h7,15H,3-6H2,1-2H3. The van der Waals surface area contributed by atoms with E-state index in [2.05, 4.69) is 29.0 Å². The number of rotatable bonds is 3. The molecule has 1 aliphatic rings. The minimum absolute atomic E-state index is 0.232. The Morgan fingerprint density at radius 2 is 1.87 bits per heavy atom. The Morgan fingerprint density at radius 3 is 2.40 bits per heavy atom. The number of aryl methyl sites for hydroxylation is 2. The first-order chi connectivity index (χ1) is 7.24. The molecule has 0 radical (unpaired) electrons. The molecule has 82 valence electrons. The van der Waals surface area contributed by atoms with Gasteiger partial charge in [0.05, 0.1) is 17.5 Å². The Morgan fingerprint density at radius 1 is 1.20 bits per heavy atom. The highest BCUT2D eigenvalue weighted by Gasteiger charge is 2.27. The van der Waals surface area contributed by atoms with Crippen molar-refractivity contribution in [1.29, 1.82) is 0 Å². The van der Waals surface area contributed by atoms with Gasteiger partial charge in [-0.15, -0.1) is 5.10 Å². The van der Waals surface area contributed by atoms with Gasteiger partial charge in [0.2, 0.25) is 5.95 Å². The maximum atomic E-state index is 9.19. The van der Waals surface area contributed by atoms with E-state index in [9.17, 15) is 5.11 Å². The fourth-order valence-corrected chi connectivity index (χ4v) is 1.68. The van der Waals surface area contributed by atoms with E-state index in [1.807, 2.05) is 4.90 Å². The number of aromatic nitrogens is 3. The predicted molar refractivity (Wildman–Crippen MR) is 56.8 cm³/mol. The minimum Gasteiger partial charge on any atom is -0.389 e. The van der Waals surface area contributed by atoms with Gasteiger partial charge in [0.25, 0.3) is 0 Å². The third-order valence-corrected chi connectivity index (χ3v) is 2.64. The maximum Gasteiger partial charge on any atom is 0.245 e. The summed E-state index contributed by atoms with van der Waals surface area (Å²) in [5.41, 5.74) is 1.99. The quantitative estimate of drug-likeness (QED) is 0.767. The molecule has 1 aliphatic heterocycles. The van der Waals surface area contributed by atoms with Crippen LogP contribution in [0.5, 0.6) is 0 Å². The molecule has 0 amide bonds. The number of nitrogens with zero attached hydrogens (tertiary/aromatic N) is 4. The van der Waals surface area contributed by atoms with Crippen molar-refractivity contribution in [3.63, 3.8) is 0 Å². The first-order valence-corrected chi connectivity index (χ1v) is 5.40. The molecular weight excluding hydrogens is 192 g/mol. The van der Waals surface area contributed by atoms with Crippen LogP contribution in [0.15, 0.2) is 0 Å². The zero-order chi connectivity index (χ0) is 10.8. The maximum absolute atomic E-state index is 9.19. The molecular formula is C10H16N4O. The van der Waals surface area contributed by atoms with Gasteiger partial charge in [0.15, 0.2) is 0 Å². The van der Waals surface area contributed by atoms with Crippen LogP contribution in [0.25, 0.3) is 0 Å². The van der Waals surface area contributed by atoms with Gasteiger partial charge in [-0.2, -0.15) is 5.10 Å². The second kappa shape index (κ2) is 4.10. The van der Waals surface area contributed by atoms with Crippen molar-refractivity contribution in [3.8, 4) is 0 Å². The van der Waals surface area contributed by atoms with Crippen LogP contribution < -0.4 is 4.90 Å². The fraction of sp³-hybridized carbons (Fsp3) is 0.700. The Hall–Kier alpha value is -1.23. The van der Waals surface area contributed by atoms with Crippen LogP contribution in [-0.4, -0.2) is 39.5 Å². The third kappa shape index (κ3) is 1.92. The summed E-state index contributed by atoms with van der Waals surface area (Å²) in [5, 5.41) is 17.4. The number of anilines is 1. The molecule has 0 saturated carbocycles. The van der Waals surface area contributed by atoms with Crippen molar-refractivity contribution < 1.29 is 5.11 Å². The van der Waals surface area contributed by atoms with Gasteiger partial charge in [-0.25, -0.2) is 4.98 Å². The Labute approximate surface area is 89.2 Å². The number of aliphatic hydroxyl groups excluding tert-OH is 1. The lowest BCUT2D eigenvalue weighted by Crippen LogP contribution is -2.51. The minimum atomic E-state index is -0.232. The van der Waals surface area contributed by atoms with Gasteiger partial charge in [-0.1, -0.05) is 13.8 Å². The molecule has 1 N–H and O–H groups in total. The molecule has 0 bridgehead atoms. The van der Waals surface area contributed by atoms with Gasteiger partial charge in [0, 0.05) is 13.1 Å². The van der Waals surface area contributed by atoms with Crippen molar-refractivity contribution in [1.82, 2.24) is 15.2 Å². The van der Waals surface area contributed by atoms with E-state index in [1.54, 1.807) is 0 Å².